The van der Waals surface area contributed by atoms with Gasteiger partial charge in [-0.15, -0.1) is 0 Å². The Balaban J connectivity index is 2.02. The summed E-state index contributed by atoms with van der Waals surface area (Å²) in [7, 11) is -2.87. The second kappa shape index (κ2) is 6.09. The molecule has 1 atom stereocenters. The van der Waals surface area contributed by atoms with Crippen molar-refractivity contribution in [1.82, 2.24) is 4.37 Å². The maximum absolute atomic E-state index is 11.9. The number of anilines is 1. The molecular formula is C12H18N2O4S2. The van der Waals surface area contributed by atoms with Crippen molar-refractivity contribution < 1.29 is 17.9 Å². The third-order valence-corrected chi connectivity index (χ3v) is 5.95. The van der Waals surface area contributed by atoms with Crippen LogP contribution in [0, 0.1) is 12.8 Å². The molecule has 0 saturated carbocycles. The van der Waals surface area contributed by atoms with Crippen LogP contribution in [-0.2, 0) is 14.6 Å². The normalized spacial score (nSPS) is 20.8. The van der Waals surface area contributed by atoms with Gasteiger partial charge < -0.3 is 10.1 Å². The molecule has 2 heterocycles. The Labute approximate surface area is 122 Å². The van der Waals surface area contributed by atoms with Gasteiger partial charge in [-0.25, -0.2) is 13.2 Å². The largest absolute Gasteiger partial charge is 0.462 e. The van der Waals surface area contributed by atoms with E-state index in [0.717, 1.165) is 0 Å². The summed E-state index contributed by atoms with van der Waals surface area (Å²) in [4.78, 5) is 11.9. The average Bonchev–Trinajstić information content (AvgIpc) is 2.90. The Morgan fingerprint density at radius 3 is 2.90 bits per heavy atom. The zero-order valence-corrected chi connectivity index (χ0v) is 13.1. The van der Waals surface area contributed by atoms with E-state index in [1.165, 1.54) is 11.5 Å². The number of nitrogens with one attached hydrogen (secondary N) is 1. The van der Waals surface area contributed by atoms with Crippen LogP contribution in [0.15, 0.2) is 0 Å². The minimum absolute atomic E-state index is 0.0949. The van der Waals surface area contributed by atoms with E-state index in [1.54, 1.807) is 13.8 Å². The second-order valence-corrected chi connectivity index (χ2v) is 7.84. The van der Waals surface area contributed by atoms with Gasteiger partial charge in [-0.3, -0.25) is 0 Å². The molecular weight excluding hydrogens is 300 g/mol. The topological polar surface area (TPSA) is 85.4 Å². The minimum Gasteiger partial charge on any atom is -0.462 e. The van der Waals surface area contributed by atoms with Crippen molar-refractivity contribution in [3.8, 4) is 0 Å². The number of rotatable bonds is 5. The van der Waals surface area contributed by atoms with E-state index in [2.05, 4.69) is 9.69 Å². The van der Waals surface area contributed by atoms with E-state index in [0.29, 0.717) is 35.8 Å². The highest BCUT2D eigenvalue weighted by Gasteiger charge is 2.28. The highest BCUT2D eigenvalue weighted by molar-refractivity contribution is 7.91. The molecule has 1 aromatic rings. The number of aryl methyl sites for hydroxylation is 1. The number of esters is 1. The van der Waals surface area contributed by atoms with Crippen molar-refractivity contribution in [2.24, 2.45) is 5.92 Å². The first-order valence-corrected chi connectivity index (χ1v) is 9.10. The van der Waals surface area contributed by atoms with E-state index in [-0.39, 0.29) is 23.4 Å². The molecule has 0 aliphatic carbocycles. The van der Waals surface area contributed by atoms with Crippen LogP contribution in [0.4, 0.5) is 5.00 Å². The Bertz CT molecular complexity index is 595. The molecule has 112 valence electrons. The van der Waals surface area contributed by atoms with Crippen molar-refractivity contribution >= 4 is 32.3 Å². The predicted molar refractivity (Wildman–Crippen MR) is 78.1 cm³/mol. The maximum atomic E-state index is 11.9. The zero-order chi connectivity index (χ0) is 14.8. The highest BCUT2D eigenvalue weighted by Crippen LogP contribution is 2.27. The van der Waals surface area contributed by atoms with Crippen LogP contribution in [-0.4, -0.2) is 43.4 Å². The lowest BCUT2D eigenvalue weighted by Gasteiger charge is -2.10. The van der Waals surface area contributed by atoms with Crippen LogP contribution in [0.3, 0.4) is 0 Å². The summed E-state index contributed by atoms with van der Waals surface area (Å²) >= 11 is 1.20. The Kier molecular flexibility index (Phi) is 4.64. The molecule has 1 N–H and O–H groups in total. The lowest BCUT2D eigenvalue weighted by Crippen LogP contribution is -2.17. The van der Waals surface area contributed by atoms with Crippen molar-refractivity contribution in [1.29, 1.82) is 0 Å². The molecule has 1 aliphatic rings. The Morgan fingerprint density at radius 1 is 1.55 bits per heavy atom. The van der Waals surface area contributed by atoms with Gasteiger partial charge in [-0.2, -0.15) is 4.37 Å². The Hall–Kier alpha value is -1.15. The SMILES string of the molecule is CCOC(=O)c1c(C)nsc1NCC1CCS(=O)(=O)C1. The smallest absolute Gasteiger partial charge is 0.343 e. The predicted octanol–water partition coefficient (Wildman–Crippen LogP) is 1.47. The summed E-state index contributed by atoms with van der Waals surface area (Å²) in [6, 6.07) is 0. The van der Waals surface area contributed by atoms with Crippen LogP contribution < -0.4 is 5.32 Å². The number of nitrogens with zero attached hydrogens (tertiary/aromatic N) is 1. The van der Waals surface area contributed by atoms with Crippen LogP contribution in [0.2, 0.25) is 0 Å². The highest BCUT2D eigenvalue weighted by atomic mass is 32.2. The van der Waals surface area contributed by atoms with Crippen LogP contribution in [0.25, 0.3) is 0 Å². The first kappa shape index (κ1) is 15.2. The molecule has 1 unspecified atom stereocenters. The van der Waals surface area contributed by atoms with Gasteiger partial charge in [0.05, 0.1) is 23.8 Å². The quantitative estimate of drug-likeness (QED) is 0.828. The van der Waals surface area contributed by atoms with Crippen LogP contribution in [0.5, 0.6) is 0 Å². The average molecular weight is 318 g/mol. The third-order valence-electron chi connectivity index (χ3n) is 3.22. The zero-order valence-electron chi connectivity index (χ0n) is 11.5. The summed E-state index contributed by atoms with van der Waals surface area (Å²) < 4.78 is 32.0. The molecule has 1 fully saturated rings. The Morgan fingerprint density at radius 2 is 2.30 bits per heavy atom. The van der Waals surface area contributed by atoms with Gasteiger partial charge in [0.25, 0.3) is 0 Å². The molecule has 2 rings (SSSR count). The molecule has 0 bridgehead atoms. The fourth-order valence-corrected chi connectivity index (χ4v) is 4.86. The number of hydrogen-bond acceptors (Lipinski definition) is 7. The van der Waals surface area contributed by atoms with E-state index in [9.17, 15) is 13.2 Å². The minimum atomic E-state index is -2.87. The first-order valence-electron chi connectivity index (χ1n) is 6.50. The molecule has 8 heteroatoms. The van der Waals surface area contributed by atoms with Gasteiger partial charge in [0.2, 0.25) is 0 Å². The van der Waals surface area contributed by atoms with Gasteiger partial charge >= 0.3 is 5.97 Å². The third kappa shape index (κ3) is 3.49. The van der Waals surface area contributed by atoms with Gasteiger partial charge in [0.15, 0.2) is 9.84 Å². The van der Waals surface area contributed by atoms with Crippen LogP contribution >= 0.6 is 11.5 Å². The molecule has 1 aliphatic heterocycles. The molecule has 0 aromatic carbocycles. The van der Waals surface area contributed by atoms with Gasteiger partial charge in [-0.1, -0.05) is 0 Å². The molecule has 0 amide bonds. The number of carbonyl (C=O) groups excluding carboxylic acids is 1. The summed E-state index contributed by atoms with van der Waals surface area (Å²) in [5.74, 6) is 0.177. The molecule has 20 heavy (non-hydrogen) atoms. The van der Waals surface area contributed by atoms with E-state index in [1.807, 2.05) is 0 Å². The number of aromatic nitrogens is 1. The fraction of sp³-hybridized carbons (Fsp3) is 0.667. The number of carbonyl (C=O) groups is 1. The van der Waals surface area contributed by atoms with Crippen molar-refractivity contribution in [2.45, 2.75) is 20.3 Å². The number of ether oxygens (including phenoxy) is 1. The van der Waals surface area contributed by atoms with Crippen molar-refractivity contribution in [2.75, 3.05) is 30.0 Å². The summed E-state index contributed by atoms with van der Waals surface area (Å²) in [6.07, 6.45) is 0.669. The lowest BCUT2D eigenvalue weighted by atomic mass is 10.1. The van der Waals surface area contributed by atoms with Crippen LogP contribution in [0.1, 0.15) is 29.4 Å². The molecule has 0 spiro atoms. The second-order valence-electron chi connectivity index (χ2n) is 4.84. The van der Waals surface area contributed by atoms with Gasteiger partial charge in [0.1, 0.15) is 10.6 Å². The van der Waals surface area contributed by atoms with Gasteiger partial charge in [0, 0.05) is 6.54 Å². The molecule has 6 nitrogen and oxygen atoms in total. The van der Waals surface area contributed by atoms with E-state index < -0.39 is 9.84 Å². The van der Waals surface area contributed by atoms with Gasteiger partial charge in [-0.05, 0) is 37.7 Å². The fourth-order valence-electron chi connectivity index (χ4n) is 2.20. The summed E-state index contributed by atoms with van der Waals surface area (Å²) in [6.45, 7) is 4.36. The summed E-state index contributed by atoms with van der Waals surface area (Å²) in [5, 5.41) is 3.80. The standard InChI is InChI=1S/C12H18N2O4S2/c1-3-18-12(15)10-8(2)14-19-11(10)13-6-9-4-5-20(16,17)7-9/h9,13H,3-7H2,1-2H3. The number of hydrogen-bond donors (Lipinski definition) is 1. The van der Waals surface area contributed by atoms with E-state index in [4.69, 9.17) is 4.74 Å². The maximum Gasteiger partial charge on any atom is 0.343 e. The first-order chi connectivity index (χ1) is 9.43. The molecule has 0 radical (unpaired) electrons. The lowest BCUT2D eigenvalue weighted by molar-refractivity contribution is 0.0527. The molecule has 1 saturated heterocycles. The monoisotopic (exact) mass is 318 g/mol. The van der Waals surface area contributed by atoms with Crippen molar-refractivity contribution in [3.63, 3.8) is 0 Å². The number of sulfone groups is 1. The van der Waals surface area contributed by atoms with Crippen molar-refractivity contribution in [3.05, 3.63) is 11.3 Å². The molecule has 1 aromatic heterocycles. The summed E-state index contributed by atoms with van der Waals surface area (Å²) in [5.41, 5.74) is 1.09. The van der Waals surface area contributed by atoms with E-state index >= 15 is 0 Å².